The number of carbonyl (C=O) groups excluding carboxylic acids is 1. The lowest BCUT2D eigenvalue weighted by atomic mass is 9.97. The summed E-state index contributed by atoms with van der Waals surface area (Å²) in [6.07, 6.45) is 8.57. The van der Waals surface area contributed by atoms with Gasteiger partial charge in [0.1, 0.15) is 23.8 Å². The van der Waals surface area contributed by atoms with Crippen LogP contribution in [-0.4, -0.2) is 48.8 Å². The van der Waals surface area contributed by atoms with E-state index in [1.54, 1.807) is 31.6 Å². The van der Waals surface area contributed by atoms with E-state index < -0.39 is 0 Å². The minimum atomic E-state index is 0.0902. The molecule has 1 saturated heterocycles. The molecule has 1 atom stereocenters. The molecule has 1 unspecified atom stereocenters. The molecule has 4 rings (SSSR count). The maximum absolute atomic E-state index is 11.8. The van der Waals surface area contributed by atoms with Gasteiger partial charge in [0.2, 0.25) is 5.91 Å². The van der Waals surface area contributed by atoms with Gasteiger partial charge < -0.3 is 10.2 Å². The van der Waals surface area contributed by atoms with Crippen LogP contribution >= 0.6 is 0 Å². The van der Waals surface area contributed by atoms with Crippen LogP contribution in [0.3, 0.4) is 0 Å². The highest BCUT2D eigenvalue weighted by molar-refractivity contribution is 5.73. The third kappa shape index (κ3) is 4.11. The van der Waals surface area contributed by atoms with E-state index in [1.807, 2.05) is 23.1 Å². The molecule has 142 valence electrons. The molecule has 0 spiro atoms. The third-order valence-electron chi connectivity index (χ3n) is 4.77. The summed E-state index contributed by atoms with van der Waals surface area (Å²) >= 11 is 0. The number of hydrogen-bond donors (Lipinski definition) is 1. The molecule has 1 aliphatic rings. The molecular weight excluding hydrogens is 354 g/mol. The molecule has 4 heterocycles. The Morgan fingerprint density at radius 1 is 1.18 bits per heavy atom. The van der Waals surface area contributed by atoms with Crippen molar-refractivity contribution >= 4 is 17.5 Å². The van der Waals surface area contributed by atoms with Crippen LogP contribution in [0.2, 0.25) is 0 Å². The van der Waals surface area contributed by atoms with Crippen LogP contribution < -0.4 is 5.32 Å². The number of pyridine rings is 1. The lowest BCUT2D eigenvalue weighted by Gasteiger charge is -2.31. The zero-order chi connectivity index (χ0) is 19.3. The summed E-state index contributed by atoms with van der Waals surface area (Å²) in [4.78, 5) is 35.6. The predicted molar refractivity (Wildman–Crippen MR) is 105 cm³/mol. The zero-order valence-electron chi connectivity index (χ0n) is 15.6. The fourth-order valence-corrected chi connectivity index (χ4v) is 3.34. The normalized spacial score (nSPS) is 16.6. The number of piperidine rings is 1. The zero-order valence-corrected chi connectivity index (χ0v) is 15.6. The van der Waals surface area contributed by atoms with Crippen LogP contribution in [0.15, 0.2) is 49.2 Å². The van der Waals surface area contributed by atoms with Crippen molar-refractivity contribution in [2.45, 2.75) is 25.7 Å². The van der Waals surface area contributed by atoms with Crippen molar-refractivity contribution < 1.29 is 4.79 Å². The Labute approximate surface area is 163 Å². The molecule has 28 heavy (non-hydrogen) atoms. The molecule has 0 aromatic carbocycles. The minimum Gasteiger partial charge on any atom is -0.342 e. The van der Waals surface area contributed by atoms with Crippen molar-refractivity contribution in [3.63, 3.8) is 0 Å². The van der Waals surface area contributed by atoms with Crippen LogP contribution in [0.5, 0.6) is 0 Å². The van der Waals surface area contributed by atoms with Crippen molar-refractivity contribution in [2.24, 2.45) is 0 Å². The minimum absolute atomic E-state index is 0.0902. The quantitative estimate of drug-likeness (QED) is 0.749. The molecule has 1 fully saturated rings. The van der Waals surface area contributed by atoms with Gasteiger partial charge in [-0.1, -0.05) is 0 Å². The Morgan fingerprint density at radius 2 is 2.11 bits per heavy atom. The lowest BCUT2D eigenvalue weighted by molar-refractivity contribution is -0.130. The standard InChI is InChI=1S/C20H21N7O/c1-14(28)27-9-3-5-16(12-27)20-24-17(15-4-2-7-21-11-15)10-19(26-20)25-18-6-8-22-13-23-18/h2,4,6-8,10-11,13,16H,3,5,9,12H2,1H3,(H,22,23,24,25,26). The number of aromatic nitrogens is 5. The molecule has 8 nitrogen and oxygen atoms in total. The van der Waals surface area contributed by atoms with Crippen molar-refractivity contribution in [3.05, 3.63) is 55.0 Å². The number of nitrogens with one attached hydrogen (secondary N) is 1. The van der Waals surface area contributed by atoms with Crippen molar-refractivity contribution in [2.75, 3.05) is 18.4 Å². The Hall–Kier alpha value is -3.42. The van der Waals surface area contributed by atoms with Crippen LogP contribution in [0.25, 0.3) is 11.3 Å². The second kappa shape index (κ2) is 8.08. The van der Waals surface area contributed by atoms with Crippen LogP contribution in [0, 0.1) is 0 Å². The summed E-state index contributed by atoms with van der Waals surface area (Å²) in [6.45, 7) is 3.04. The van der Waals surface area contributed by atoms with Crippen molar-refractivity contribution in [3.8, 4) is 11.3 Å². The summed E-state index contributed by atoms with van der Waals surface area (Å²) in [7, 11) is 0. The number of likely N-dealkylation sites (tertiary alicyclic amines) is 1. The lowest BCUT2D eigenvalue weighted by Crippen LogP contribution is -2.38. The number of anilines is 2. The summed E-state index contributed by atoms with van der Waals surface area (Å²) in [5.41, 5.74) is 1.70. The summed E-state index contributed by atoms with van der Waals surface area (Å²) in [5, 5.41) is 3.22. The Balaban J connectivity index is 1.70. The number of nitrogens with zero attached hydrogens (tertiary/aromatic N) is 6. The van der Waals surface area contributed by atoms with Gasteiger partial charge in [-0.05, 0) is 31.0 Å². The smallest absolute Gasteiger partial charge is 0.219 e. The number of carbonyl (C=O) groups is 1. The van der Waals surface area contributed by atoms with E-state index in [0.29, 0.717) is 18.2 Å². The SMILES string of the molecule is CC(=O)N1CCCC(c2nc(Nc3ccncn3)cc(-c3cccnc3)n2)C1. The van der Waals surface area contributed by atoms with Crippen molar-refractivity contribution in [1.82, 2.24) is 29.8 Å². The van der Waals surface area contributed by atoms with Crippen molar-refractivity contribution in [1.29, 1.82) is 0 Å². The molecule has 8 heteroatoms. The van der Waals surface area contributed by atoms with Crippen LogP contribution in [-0.2, 0) is 4.79 Å². The van der Waals surface area contributed by atoms with Crippen LogP contribution in [0.1, 0.15) is 31.5 Å². The molecule has 3 aromatic heterocycles. The molecule has 1 amide bonds. The van der Waals surface area contributed by atoms with E-state index in [1.165, 1.54) is 6.33 Å². The Kier molecular flexibility index (Phi) is 5.18. The molecule has 1 N–H and O–H groups in total. The van der Waals surface area contributed by atoms with E-state index in [2.05, 4.69) is 20.3 Å². The van der Waals surface area contributed by atoms with Gasteiger partial charge in [0.25, 0.3) is 0 Å². The number of hydrogen-bond acceptors (Lipinski definition) is 7. The van der Waals surface area contributed by atoms with Gasteiger partial charge in [0, 0.05) is 56.2 Å². The highest BCUT2D eigenvalue weighted by atomic mass is 16.2. The fraction of sp³-hybridized carbons (Fsp3) is 0.300. The first-order chi connectivity index (χ1) is 13.7. The maximum atomic E-state index is 11.8. The second-order valence-electron chi connectivity index (χ2n) is 6.76. The van der Waals surface area contributed by atoms with E-state index in [4.69, 9.17) is 9.97 Å². The van der Waals surface area contributed by atoms with Gasteiger partial charge in [-0.15, -0.1) is 0 Å². The first kappa shape index (κ1) is 18.0. The van der Waals surface area contributed by atoms with Gasteiger partial charge in [0.15, 0.2) is 0 Å². The van der Waals surface area contributed by atoms with E-state index in [9.17, 15) is 4.79 Å². The summed E-state index contributed by atoms with van der Waals surface area (Å²) < 4.78 is 0. The highest BCUT2D eigenvalue weighted by Crippen LogP contribution is 2.28. The third-order valence-corrected chi connectivity index (χ3v) is 4.77. The molecule has 0 saturated carbocycles. The first-order valence-electron chi connectivity index (χ1n) is 9.27. The number of amides is 1. The molecule has 1 aliphatic heterocycles. The van der Waals surface area contributed by atoms with E-state index in [-0.39, 0.29) is 11.8 Å². The second-order valence-corrected chi connectivity index (χ2v) is 6.76. The Bertz CT molecular complexity index is 949. The van der Waals surface area contributed by atoms with E-state index in [0.717, 1.165) is 36.5 Å². The van der Waals surface area contributed by atoms with Crippen LogP contribution in [0.4, 0.5) is 11.6 Å². The fourth-order valence-electron chi connectivity index (χ4n) is 3.34. The summed E-state index contributed by atoms with van der Waals surface area (Å²) in [5.74, 6) is 2.23. The topological polar surface area (TPSA) is 96.8 Å². The molecule has 0 bridgehead atoms. The van der Waals surface area contributed by atoms with Gasteiger partial charge in [-0.3, -0.25) is 9.78 Å². The van der Waals surface area contributed by atoms with Gasteiger partial charge in [-0.25, -0.2) is 19.9 Å². The molecule has 0 aliphatic carbocycles. The monoisotopic (exact) mass is 375 g/mol. The van der Waals surface area contributed by atoms with Gasteiger partial charge in [0.05, 0.1) is 5.69 Å². The molecule has 0 radical (unpaired) electrons. The largest absolute Gasteiger partial charge is 0.342 e. The molecule has 3 aromatic rings. The average molecular weight is 375 g/mol. The van der Waals surface area contributed by atoms with Gasteiger partial charge >= 0.3 is 0 Å². The predicted octanol–water partition coefficient (Wildman–Crippen LogP) is 2.80. The first-order valence-corrected chi connectivity index (χ1v) is 9.27. The van der Waals surface area contributed by atoms with Gasteiger partial charge in [-0.2, -0.15) is 0 Å². The highest BCUT2D eigenvalue weighted by Gasteiger charge is 2.25. The van der Waals surface area contributed by atoms with E-state index >= 15 is 0 Å². The number of rotatable bonds is 4. The average Bonchev–Trinajstić information content (AvgIpc) is 2.75. The maximum Gasteiger partial charge on any atom is 0.219 e. The Morgan fingerprint density at radius 3 is 2.86 bits per heavy atom. The molecular formula is C20H21N7O. The summed E-state index contributed by atoms with van der Waals surface area (Å²) in [6, 6.07) is 7.51.